The van der Waals surface area contributed by atoms with Gasteiger partial charge in [-0.3, -0.25) is 0 Å². The molecule has 0 aliphatic rings. The van der Waals surface area contributed by atoms with E-state index in [4.69, 9.17) is 9.97 Å². The first-order valence-electron chi connectivity index (χ1n) is 18.8. The zero-order valence-corrected chi connectivity index (χ0v) is 31.5. The second-order valence-corrected chi connectivity index (χ2v) is 16.5. The highest BCUT2D eigenvalue weighted by atomic mass is 31.2. The molecule has 0 aliphatic heterocycles. The third kappa shape index (κ3) is 6.82. The van der Waals surface area contributed by atoms with Crippen molar-refractivity contribution in [3.05, 3.63) is 224 Å². The molecule has 9 rings (SSSR count). The maximum absolute atomic E-state index is 14.9. The van der Waals surface area contributed by atoms with E-state index in [1.807, 2.05) is 84.9 Å². The van der Waals surface area contributed by atoms with Gasteiger partial charge >= 0.3 is 0 Å². The summed E-state index contributed by atoms with van der Waals surface area (Å²) < 4.78 is 14.9. The predicted molar refractivity (Wildman–Crippen MR) is 234 cm³/mol. The topological polar surface area (TPSA) is 42.9 Å². The molecule has 1 heterocycles. The van der Waals surface area contributed by atoms with Crippen LogP contribution in [0.5, 0.6) is 0 Å². The normalized spacial score (nSPS) is 11.3. The number of hydrogen-bond acceptors (Lipinski definition) is 3. The van der Waals surface area contributed by atoms with Crippen LogP contribution in [0.15, 0.2) is 224 Å². The molecule has 0 saturated carbocycles. The third-order valence-electron chi connectivity index (χ3n) is 10.2. The summed E-state index contributed by atoms with van der Waals surface area (Å²) in [5.74, 6) is 0.650. The fourth-order valence-electron chi connectivity index (χ4n) is 7.40. The summed E-state index contributed by atoms with van der Waals surface area (Å²) in [6.45, 7) is 0. The molecule has 0 atom stereocenters. The molecule has 0 aliphatic carbocycles. The standard InChI is InChI=1S/C52H37N2OP/c55-56(43-21-9-3-10-22-43,44-23-11-4-12-24-44)45-35-33-39(34-36-45)38-29-31-42(32-30-38)52-53-50(48-27-15-13-25-46(48)40-17-5-1-6-18-40)37-51(54-52)49-28-16-14-26-47(49)41-19-7-2-8-20-41/h1-37H. The Morgan fingerprint density at radius 3 is 1.04 bits per heavy atom. The van der Waals surface area contributed by atoms with E-state index in [1.54, 1.807) is 0 Å². The second kappa shape index (κ2) is 15.4. The summed E-state index contributed by atoms with van der Waals surface area (Å²) in [6, 6.07) is 76.1. The lowest BCUT2D eigenvalue weighted by Crippen LogP contribution is -2.24. The van der Waals surface area contributed by atoms with Crippen LogP contribution in [0.25, 0.3) is 67.3 Å². The highest BCUT2D eigenvalue weighted by molar-refractivity contribution is 7.85. The van der Waals surface area contributed by atoms with Gasteiger partial charge in [-0.25, -0.2) is 9.97 Å². The number of hydrogen-bond donors (Lipinski definition) is 0. The quantitative estimate of drug-likeness (QED) is 0.139. The molecule has 266 valence electrons. The molecule has 0 bridgehead atoms. The number of nitrogens with zero attached hydrogens (tertiary/aromatic N) is 2. The lowest BCUT2D eigenvalue weighted by molar-refractivity contribution is 0.592. The summed E-state index contributed by atoms with van der Waals surface area (Å²) >= 11 is 0. The summed E-state index contributed by atoms with van der Waals surface area (Å²) in [5.41, 5.74) is 11.3. The lowest BCUT2D eigenvalue weighted by atomic mass is 9.94. The van der Waals surface area contributed by atoms with Crippen LogP contribution >= 0.6 is 7.14 Å². The third-order valence-corrected chi connectivity index (χ3v) is 13.3. The van der Waals surface area contributed by atoms with Gasteiger partial charge in [0.15, 0.2) is 13.0 Å². The Morgan fingerprint density at radius 2 is 0.607 bits per heavy atom. The minimum Gasteiger partial charge on any atom is -0.309 e. The van der Waals surface area contributed by atoms with Gasteiger partial charge in [-0.1, -0.05) is 218 Å². The molecular weight excluding hydrogens is 700 g/mol. The molecule has 56 heavy (non-hydrogen) atoms. The zero-order chi connectivity index (χ0) is 37.7. The molecule has 3 nitrogen and oxygen atoms in total. The van der Waals surface area contributed by atoms with Gasteiger partial charge < -0.3 is 4.57 Å². The van der Waals surface area contributed by atoms with Crippen molar-refractivity contribution >= 4 is 23.1 Å². The van der Waals surface area contributed by atoms with Gasteiger partial charge in [-0.2, -0.15) is 0 Å². The van der Waals surface area contributed by atoms with Gasteiger partial charge in [0.1, 0.15) is 0 Å². The fraction of sp³-hybridized carbons (Fsp3) is 0. The number of aromatic nitrogens is 2. The molecule has 4 heteroatoms. The van der Waals surface area contributed by atoms with Gasteiger partial charge in [0, 0.05) is 32.6 Å². The van der Waals surface area contributed by atoms with Crippen molar-refractivity contribution < 1.29 is 4.57 Å². The maximum atomic E-state index is 14.9. The average Bonchev–Trinajstić information content (AvgIpc) is 3.30. The Kier molecular flexibility index (Phi) is 9.59. The van der Waals surface area contributed by atoms with Crippen molar-refractivity contribution in [3.8, 4) is 67.3 Å². The predicted octanol–water partition coefficient (Wildman–Crippen LogP) is 12.1. The first-order valence-corrected chi connectivity index (χ1v) is 20.5. The van der Waals surface area contributed by atoms with Crippen molar-refractivity contribution in [2.75, 3.05) is 0 Å². The van der Waals surface area contributed by atoms with Crippen molar-refractivity contribution in [2.24, 2.45) is 0 Å². The van der Waals surface area contributed by atoms with E-state index >= 15 is 0 Å². The Morgan fingerprint density at radius 1 is 0.286 bits per heavy atom. The van der Waals surface area contributed by atoms with Crippen LogP contribution in [-0.4, -0.2) is 9.97 Å². The van der Waals surface area contributed by atoms with Gasteiger partial charge in [-0.05, 0) is 39.4 Å². The maximum Gasteiger partial charge on any atom is 0.171 e. The van der Waals surface area contributed by atoms with Crippen LogP contribution in [0.4, 0.5) is 0 Å². The van der Waals surface area contributed by atoms with E-state index in [-0.39, 0.29) is 0 Å². The Balaban J connectivity index is 1.12. The molecular formula is C52H37N2OP. The molecule has 0 radical (unpaired) electrons. The van der Waals surface area contributed by atoms with Gasteiger partial charge in [0.05, 0.1) is 11.4 Å². The number of rotatable bonds is 9. The second-order valence-electron chi connectivity index (χ2n) is 13.7. The van der Waals surface area contributed by atoms with Gasteiger partial charge in [-0.15, -0.1) is 0 Å². The van der Waals surface area contributed by atoms with Crippen LogP contribution in [0.1, 0.15) is 0 Å². The van der Waals surface area contributed by atoms with E-state index in [1.165, 1.54) is 0 Å². The Hall–Kier alpha value is -6.93. The first kappa shape index (κ1) is 34.8. The highest BCUT2D eigenvalue weighted by Gasteiger charge is 2.29. The minimum absolute atomic E-state index is 0.650. The van der Waals surface area contributed by atoms with Crippen molar-refractivity contribution in [1.29, 1.82) is 0 Å². The zero-order valence-electron chi connectivity index (χ0n) is 30.6. The molecule has 0 fully saturated rings. The van der Waals surface area contributed by atoms with Crippen LogP contribution in [-0.2, 0) is 4.57 Å². The molecule has 9 aromatic rings. The van der Waals surface area contributed by atoms with Crippen LogP contribution < -0.4 is 15.9 Å². The Labute approximate surface area is 328 Å². The van der Waals surface area contributed by atoms with E-state index < -0.39 is 7.14 Å². The highest BCUT2D eigenvalue weighted by Crippen LogP contribution is 2.43. The minimum atomic E-state index is -3.06. The largest absolute Gasteiger partial charge is 0.309 e. The van der Waals surface area contributed by atoms with Crippen LogP contribution in [0.3, 0.4) is 0 Å². The van der Waals surface area contributed by atoms with Crippen LogP contribution in [0.2, 0.25) is 0 Å². The molecule has 1 aromatic heterocycles. The van der Waals surface area contributed by atoms with Crippen molar-refractivity contribution in [1.82, 2.24) is 9.97 Å². The molecule has 0 amide bonds. The summed E-state index contributed by atoms with van der Waals surface area (Å²) in [6.07, 6.45) is 0. The monoisotopic (exact) mass is 736 g/mol. The van der Waals surface area contributed by atoms with E-state index in [2.05, 4.69) is 140 Å². The van der Waals surface area contributed by atoms with Crippen LogP contribution in [0, 0.1) is 0 Å². The van der Waals surface area contributed by atoms with E-state index in [0.717, 1.165) is 77.4 Å². The lowest BCUT2D eigenvalue weighted by Gasteiger charge is -2.20. The SMILES string of the molecule is O=P(c1ccccc1)(c1ccccc1)c1ccc(-c2ccc(-c3nc(-c4ccccc4-c4ccccc4)cc(-c4ccccc4-c4ccccc4)n3)cc2)cc1. The summed E-state index contributed by atoms with van der Waals surface area (Å²) in [7, 11) is -3.06. The number of benzene rings is 8. The fourth-order valence-corrected chi connectivity index (χ4v) is 10.1. The van der Waals surface area contributed by atoms with Gasteiger partial charge in [0.25, 0.3) is 0 Å². The van der Waals surface area contributed by atoms with E-state index in [0.29, 0.717) is 5.82 Å². The molecule has 0 saturated heterocycles. The first-order chi connectivity index (χ1) is 27.6. The van der Waals surface area contributed by atoms with Gasteiger partial charge in [0.2, 0.25) is 0 Å². The molecule has 8 aromatic carbocycles. The van der Waals surface area contributed by atoms with Crippen molar-refractivity contribution in [3.63, 3.8) is 0 Å². The smallest absolute Gasteiger partial charge is 0.171 e. The van der Waals surface area contributed by atoms with Crippen molar-refractivity contribution in [2.45, 2.75) is 0 Å². The van der Waals surface area contributed by atoms with E-state index in [9.17, 15) is 4.57 Å². The molecule has 0 unspecified atom stereocenters. The summed E-state index contributed by atoms with van der Waals surface area (Å²) in [4.78, 5) is 10.5. The summed E-state index contributed by atoms with van der Waals surface area (Å²) in [5, 5.41) is 2.45. The Bertz CT molecular complexity index is 2640. The average molecular weight is 737 g/mol. The molecule has 0 N–H and O–H groups in total. The molecule has 0 spiro atoms.